The second-order valence-electron chi connectivity index (χ2n) is 22.5. The second-order valence-corrected chi connectivity index (χ2v) is 22.5. The Morgan fingerprint density at radius 1 is 0.405 bits per heavy atom. The fourth-order valence-electron chi connectivity index (χ4n) is 16.4. The fraction of sp³-hybridized carbons (Fsp3) is 0.194. The maximum absolute atomic E-state index is 2.62. The van der Waals surface area contributed by atoms with Gasteiger partial charge in [-0.3, -0.25) is 0 Å². The lowest BCUT2D eigenvalue weighted by Gasteiger charge is -2.36. The first-order valence-corrected chi connectivity index (χ1v) is 27.6. The van der Waals surface area contributed by atoms with Crippen LogP contribution in [0.25, 0.3) is 82.8 Å². The number of benzene rings is 10. The van der Waals surface area contributed by atoms with E-state index in [9.17, 15) is 0 Å². The van der Waals surface area contributed by atoms with Gasteiger partial charge in [0, 0.05) is 38.7 Å². The molecule has 4 bridgehead atoms. The molecule has 5 fully saturated rings. The van der Waals surface area contributed by atoms with E-state index in [2.05, 4.69) is 234 Å². The number of hydrogen-bond donors (Lipinski definition) is 0. The molecule has 0 N–H and O–H groups in total. The van der Waals surface area contributed by atoms with Crippen LogP contribution in [-0.2, 0) is 5.41 Å². The highest BCUT2D eigenvalue weighted by Gasteiger charge is 2.70. The zero-order valence-corrected chi connectivity index (χ0v) is 41.8. The number of fused-ring (bicyclic) bond motifs is 7. The van der Waals surface area contributed by atoms with Crippen LogP contribution in [0.1, 0.15) is 74.0 Å². The monoisotopic (exact) mass is 950 g/mol. The van der Waals surface area contributed by atoms with Crippen LogP contribution in [0.15, 0.2) is 224 Å². The summed E-state index contributed by atoms with van der Waals surface area (Å²) in [5, 5.41) is 5.24. The molecule has 17 rings (SSSR count). The number of nitrogens with zero attached hydrogens (tertiary/aromatic N) is 2. The van der Waals surface area contributed by atoms with Crippen LogP contribution in [0.2, 0.25) is 0 Å². The Morgan fingerprint density at radius 3 is 1.82 bits per heavy atom. The van der Waals surface area contributed by atoms with Gasteiger partial charge in [-0.15, -0.1) is 0 Å². The molecule has 1 heterocycles. The van der Waals surface area contributed by atoms with Gasteiger partial charge in [0.15, 0.2) is 0 Å². The molecule has 0 amide bonds. The van der Waals surface area contributed by atoms with Gasteiger partial charge in [-0.1, -0.05) is 189 Å². The summed E-state index contributed by atoms with van der Waals surface area (Å²) in [6.07, 6.45) is 10.7. The van der Waals surface area contributed by atoms with E-state index in [1.165, 1.54) is 140 Å². The van der Waals surface area contributed by atoms with Gasteiger partial charge in [0.25, 0.3) is 0 Å². The summed E-state index contributed by atoms with van der Waals surface area (Å²) in [7, 11) is 0. The predicted octanol–water partition coefficient (Wildman–Crippen LogP) is 19.4. The Morgan fingerprint density at radius 2 is 1.03 bits per heavy atom. The first-order chi connectivity index (χ1) is 36.7. The minimum absolute atomic E-state index is 0.177. The van der Waals surface area contributed by atoms with Crippen molar-refractivity contribution in [2.75, 3.05) is 4.90 Å². The molecule has 1 aromatic heterocycles. The molecule has 2 heteroatoms. The zero-order chi connectivity index (χ0) is 48.5. The summed E-state index contributed by atoms with van der Waals surface area (Å²) in [6.45, 7) is 0. The standard InChI is InChI=1S/C72H58N2/c1-3-17-47(18-4-1)56-27-15-19-48-20-16-28-62(71(48)56)60-26-10-14-32-69(60)73(67-30-12-8-23-55(67)50-36-40-61-59-25-9-13-31-68(59)74(70(61)45-50)53-21-5-2-6-22-53)54-37-33-46(34-38-54)49-35-39-58-57-24-7-11-29-63(57)72(66(58)42-49)64-43-51-41-52(64)44-65(51)72/h2,5-16,19-40,42,45,47,51-52,64-65H,1,3-4,17-18,41,43-44H2. The Kier molecular flexibility index (Phi) is 9.51. The first kappa shape index (κ1) is 42.6. The summed E-state index contributed by atoms with van der Waals surface area (Å²) in [4.78, 5) is 2.56. The largest absolute Gasteiger partial charge is 0.309 e. The van der Waals surface area contributed by atoms with Gasteiger partial charge in [0.1, 0.15) is 0 Å². The van der Waals surface area contributed by atoms with Crippen LogP contribution in [0.3, 0.4) is 0 Å². The number of hydrogen-bond acceptors (Lipinski definition) is 1. The molecule has 0 saturated heterocycles. The highest BCUT2D eigenvalue weighted by molar-refractivity contribution is 6.11. The predicted molar refractivity (Wildman–Crippen MR) is 309 cm³/mol. The summed E-state index contributed by atoms with van der Waals surface area (Å²) >= 11 is 0. The van der Waals surface area contributed by atoms with E-state index in [-0.39, 0.29) is 5.41 Å². The van der Waals surface area contributed by atoms with Gasteiger partial charge in [-0.05, 0) is 177 Å². The number of rotatable bonds is 8. The third-order valence-corrected chi connectivity index (χ3v) is 19.2. The highest BCUT2D eigenvalue weighted by Crippen LogP contribution is 2.77. The van der Waals surface area contributed by atoms with Crippen LogP contribution in [0.5, 0.6) is 0 Å². The van der Waals surface area contributed by atoms with Crippen LogP contribution >= 0.6 is 0 Å². The summed E-state index contributed by atoms with van der Waals surface area (Å²) in [5.74, 6) is 3.88. The summed E-state index contributed by atoms with van der Waals surface area (Å²) < 4.78 is 2.44. The molecule has 6 aliphatic rings. The van der Waals surface area contributed by atoms with Crippen LogP contribution in [-0.4, -0.2) is 4.57 Å². The van der Waals surface area contributed by atoms with Crippen molar-refractivity contribution < 1.29 is 0 Å². The number of aromatic nitrogens is 1. The van der Waals surface area contributed by atoms with E-state index in [0.717, 1.165) is 40.7 Å². The van der Waals surface area contributed by atoms with Crippen molar-refractivity contribution in [3.8, 4) is 50.2 Å². The number of para-hydroxylation sites is 4. The van der Waals surface area contributed by atoms with Crippen molar-refractivity contribution >= 4 is 49.6 Å². The Labute approximate surface area is 434 Å². The molecule has 0 aliphatic heterocycles. The molecule has 0 radical (unpaired) electrons. The van der Waals surface area contributed by atoms with E-state index >= 15 is 0 Å². The van der Waals surface area contributed by atoms with Crippen molar-refractivity contribution in [1.82, 2.24) is 4.57 Å². The lowest BCUT2D eigenvalue weighted by Crippen LogP contribution is -2.34. The SMILES string of the molecule is c1ccc(-n2c3ccccc3c3ccc(-c4ccccc4N(c4ccc(-c5ccc6c(c5)C5(c7ccccc7-6)C6CC7CC6CC75)cc4)c4ccccc4-c4cccc5cccc(C6CCCCC6)c45)cc32)cc1. The first-order valence-electron chi connectivity index (χ1n) is 27.6. The molecule has 10 aromatic carbocycles. The molecule has 356 valence electrons. The van der Waals surface area contributed by atoms with E-state index in [4.69, 9.17) is 0 Å². The fourth-order valence-corrected chi connectivity index (χ4v) is 16.4. The average molecular weight is 951 g/mol. The van der Waals surface area contributed by atoms with Gasteiger partial charge in [0.05, 0.1) is 22.4 Å². The molecule has 6 aliphatic carbocycles. The summed E-state index contributed by atoms with van der Waals surface area (Å²) in [6, 6.07) is 85.6. The lowest BCUT2D eigenvalue weighted by molar-refractivity contribution is 0.307. The molecule has 1 spiro atoms. The molecular formula is C72H58N2. The maximum Gasteiger partial charge on any atom is 0.0547 e. The molecule has 11 aromatic rings. The maximum atomic E-state index is 2.62. The van der Waals surface area contributed by atoms with Crippen molar-refractivity contribution in [3.63, 3.8) is 0 Å². The van der Waals surface area contributed by atoms with Gasteiger partial charge >= 0.3 is 0 Å². The van der Waals surface area contributed by atoms with Crippen LogP contribution in [0, 0.1) is 23.7 Å². The van der Waals surface area contributed by atoms with E-state index in [1.54, 1.807) is 11.1 Å². The molecular weight excluding hydrogens is 893 g/mol. The van der Waals surface area contributed by atoms with Gasteiger partial charge < -0.3 is 9.47 Å². The van der Waals surface area contributed by atoms with E-state index in [1.807, 2.05) is 0 Å². The Hall–Kier alpha value is -7.94. The molecule has 74 heavy (non-hydrogen) atoms. The van der Waals surface area contributed by atoms with Gasteiger partial charge in [-0.25, -0.2) is 0 Å². The third kappa shape index (κ3) is 6.12. The topological polar surface area (TPSA) is 8.17 Å². The normalized spacial score (nSPS) is 21.4. The van der Waals surface area contributed by atoms with Crippen molar-refractivity contribution in [3.05, 3.63) is 241 Å². The van der Waals surface area contributed by atoms with Crippen LogP contribution < -0.4 is 4.90 Å². The lowest BCUT2D eigenvalue weighted by atomic mass is 9.66. The second kappa shape index (κ2) is 16.5. The molecule has 5 saturated carbocycles. The van der Waals surface area contributed by atoms with Crippen LogP contribution in [0.4, 0.5) is 17.1 Å². The highest BCUT2D eigenvalue weighted by atomic mass is 15.1. The van der Waals surface area contributed by atoms with E-state index in [0.29, 0.717) is 5.92 Å². The average Bonchev–Trinajstić information content (AvgIpc) is 4.51. The van der Waals surface area contributed by atoms with Crippen molar-refractivity contribution in [2.45, 2.75) is 62.7 Å². The number of anilines is 3. The Balaban J connectivity index is 0.877. The van der Waals surface area contributed by atoms with Crippen molar-refractivity contribution in [2.24, 2.45) is 23.7 Å². The minimum atomic E-state index is 0.177. The summed E-state index contributed by atoms with van der Waals surface area (Å²) in [5.41, 5.74) is 22.4. The van der Waals surface area contributed by atoms with E-state index < -0.39 is 0 Å². The molecule has 2 nitrogen and oxygen atoms in total. The minimum Gasteiger partial charge on any atom is -0.309 e. The molecule has 4 unspecified atom stereocenters. The quantitative estimate of drug-likeness (QED) is 0.147. The van der Waals surface area contributed by atoms with Gasteiger partial charge in [0.2, 0.25) is 0 Å². The van der Waals surface area contributed by atoms with Gasteiger partial charge in [-0.2, -0.15) is 0 Å². The molecule has 4 atom stereocenters. The smallest absolute Gasteiger partial charge is 0.0547 e. The Bertz CT molecular complexity index is 4000. The van der Waals surface area contributed by atoms with Crippen molar-refractivity contribution in [1.29, 1.82) is 0 Å². The zero-order valence-electron chi connectivity index (χ0n) is 41.8. The third-order valence-electron chi connectivity index (χ3n) is 19.2.